The molecule has 0 radical (unpaired) electrons. The Hall–Kier alpha value is -1.70. The summed E-state index contributed by atoms with van der Waals surface area (Å²) in [5.74, 6) is 0.656. The standard InChI is InChI=1S/C14H9N3OS3/c18-12-7-9(15-13-17(12)5-6-19-13)8-20-14-16-10-3-1-2-4-11(10)21-14/h1-7H,8H2. The summed E-state index contributed by atoms with van der Waals surface area (Å²) in [4.78, 5) is 21.7. The number of hydrogen-bond donors (Lipinski definition) is 0. The molecule has 0 fully saturated rings. The highest BCUT2D eigenvalue weighted by atomic mass is 32.2. The lowest BCUT2D eigenvalue weighted by Gasteiger charge is -1.98. The van der Waals surface area contributed by atoms with E-state index in [1.165, 1.54) is 16.0 Å². The van der Waals surface area contributed by atoms with Gasteiger partial charge in [-0.2, -0.15) is 0 Å². The number of aromatic nitrogens is 3. The average Bonchev–Trinajstić information content (AvgIpc) is 3.11. The Labute approximate surface area is 132 Å². The van der Waals surface area contributed by atoms with Crippen LogP contribution in [0.5, 0.6) is 0 Å². The molecule has 0 aliphatic carbocycles. The van der Waals surface area contributed by atoms with Gasteiger partial charge in [0.25, 0.3) is 5.56 Å². The van der Waals surface area contributed by atoms with Crippen molar-refractivity contribution < 1.29 is 0 Å². The van der Waals surface area contributed by atoms with Gasteiger partial charge in [-0.25, -0.2) is 9.97 Å². The first-order chi connectivity index (χ1) is 10.3. The van der Waals surface area contributed by atoms with Crippen LogP contribution in [0.1, 0.15) is 5.69 Å². The van der Waals surface area contributed by atoms with E-state index < -0.39 is 0 Å². The molecule has 21 heavy (non-hydrogen) atoms. The normalized spacial score (nSPS) is 11.4. The fourth-order valence-corrected chi connectivity index (χ4v) is 4.71. The van der Waals surface area contributed by atoms with E-state index in [1.807, 2.05) is 23.6 Å². The lowest BCUT2D eigenvalue weighted by atomic mass is 10.3. The molecule has 3 heterocycles. The zero-order valence-corrected chi connectivity index (χ0v) is 13.2. The van der Waals surface area contributed by atoms with E-state index in [0.717, 1.165) is 20.5 Å². The summed E-state index contributed by atoms with van der Waals surface area (Å²) in [6, 6.07) is 9.68. The van der Waals surface area contributed by atoms with E-state index >= 15 is 0 Å². The molecule has 0 amide bonds. The van der Waals surface area contributed by atoms with Crippen molar-refractivity contribution >= 4 is 49.6 Å². The summed E-state index contributed by atoms with van der Waals surface area (Å²) in [6.07, 6.45) is 1.75. The third-order valence-electron chi connectivity index (χ3n) is 2.97. The lowest BCUT2D eigenvalue weighted by molar-refractivity contribution is 1.04. The van der Waals surface area contributed by atoms with Gasteiger partial charge < -0.3 is 0 Å². The molecular formula is C14H9N3OS3. The first kappa shape index (κ1) is 13.0. The minimum absolute atomic E-state index is 0.0267. The van der Waals surface area contributed by atoms with Crippen molar-refractivity contribution in [2.45, 2.75) is 10.1 Å². The maximum Gasteiger partial charge on any atom is 0.258 e. The second-order valence-corrected chi connectivity index (χ2v) is 7.50. The maximum atomic E-state index is 11.9. The van der Waals surface area contributed by atoms with Gasteiger partial charge in [0.15, 0.2) is 9.30 Å². The molecule has 0 aliphatic rings. The average molecular weight is 331 g/mol. The number of nitrogens with zero attached hydrogens (tertiary/aromatic N) is 3. The van der Waals surface area contributed by atoms with Crippen molar-refractivity contribution in [3.63, 3.8) is 0 Å². The Morgan fingerprint density at radius 1 is 1.24 bits per heavy atom. The van der Waals surface area contributed by atoms with Gasteiger partial charge >= 0.3 is 0 Å². The van der Waals surface area contributed by atoms with E-state index in [0.29, 0.717) is 5.75 Å². The van der Waals surface area contributed by atoms with E-state index in [-0.39, 0.29) is 5.56 Å². The smallest absolute Gasteiger partial charge is 0.258 e. The van der Waals surface area contributed by atoms with Crippen molar-refractivity contribution in [2.24, 2.45) is 0 Å². The number of para-hydroxylation sites is 1. The minimum Gasteiger partial charge on any atom is -0.269 e. The highest BCUT2D eigenvalue weighted by molar-refractivity contribution is 8.00. The molecule has 0 aliphatic heterocycles. The van der Waals surface area contributed by atoms with Gasteiger partial charge in [0.1, 0.15) is 0 Å². The molecule has 104 valence electrons. The molecule has 3 aromatic heterocycles. The third kappa shape index (κ3) is 2.48. The van der Waals surface area contributed by atoms with Gasteiger partial charge in [-0.15, -0.1) is 22.7 Å². The monoisotopic (exact) mass is 331 g/mol. The van der Waals surface area contributed by atoms with E-state index in [4.69, 9.17) is 0 Å². The molecular weight excluding hydrogens is 322 g/mol. The maximum absolute atomic E-state index is 11.9. The van der Waals surface area contributed by atoms with Gasteiger partial charge in [-0.1, -0.05) is 23.9 Å². The third-order valence-corrected chi connectivity index (χ3v) is 5.94. The van der Waals surface area contributed by atoms with E-state index in [1.54, 1.807) is 39.8 Å². The van der Waals surface area contributed by atoms with Crippen LogP contribution in [-0.4, -0.2) is 14.4 Å². The van der Waals surface area contributed by atoms with E-state index in [2.05, 4.69) is 16.0 Å². The molecule has 0 spiro atoms. The molecule has 4 nitrogen and oxygen atoms in total. The van der Waals surface area contributed by atoms with E-state index in [9.17, 15) is 4.79 Å². The number of fused-ring (bicyclic) bond motifs is 2. The van der Waals surface area contributed by atoms with Crippen LogP contribution in [0.2, 0.25) is 0 Å². The second-order valence-electron chi connectivity index (χ2n) is 4.38. The van der Waals surface area contributed by atoms with Crippen LogP contribution in [-0.2, 0) is 5.75 Å². The van der Waals surface area contributed by atoms with Crippen molar-refractivity contribution in [1.29, 1.82) is 0 Å². The molecule has 4 rings (SSSR count). The summed E-state index contributed by atoms with van der Waals surface area (Å²) < 4.78 is 3.75. The van der Waals surface area contributed by atoms with Crippen LogP contribution in [0.3, 0.4) is 0 Å². The zero-order chi connectivity index (χ0) is 14.2. The summed E-state index contributed by atoms with van der Waals surface area (Å²) >= 11 is 4.76. The number of benzene rings is 1. The summed E-state index contributed by atoms with van der Waals surface area (Å²) in [7, 11) is 0. The summed E-state index contributed by atoms with van der Waals surface area (Å²) in [5, 5.41) is 1.87. The SMILES string of the molecule is O=c1cc(CSc2nc3ccccc3s2)nc2sccn12. The Morgan fingerprint density at radius 3 is 3.05 bits per heavy atom. The largest absolute Gasteiger partial charge is 0.269 e. The molecule has 0 saturated carbocycles. The van der Waals surface area contributed by atoms with Crippen LogP contribution in [0, 0.1) is 0 Å². The number of thiazole rings is 2. The van der Waals surface area contributed by atoms with Crippen LogP contribution < -0.4 is 5.56 Å². The molecule has 4 aromatic rings. The molecule has 0 atom stereocenters. The Bertz CT molecular complexity index is 953. The van der Waals surface area contributed by atoms with Crippen LogP contribution in [0.4, 0.5) is 0 Å². The van der Waals surface area contributed by atoms with Gasteiger partial charge in [-0.05, 0) is 12.1 Å². The van der Waals surface area contributed by atoms with Crippen LogP contribution in [0.25, 0.3) is 15.2 Å². The predicted molar refractivity (Wildman–Crippen MR) is 88.5 cm³/mol. The first-order valence-electron chi connectivity index (χ1n) is 6.24. The lowest BCUT2D eigenvalue weighted by Crippen LogP contribution is -2.12. The van der Waals surface area contributed by atoms with Crippen LogP contribution in [0.15, 0.2) is 51.0 Å². The Balaban J connectivity index is 1.61. The quantitative estimate of drug-likeness (QED) is 0.538. The molecule has 0 saturated heterocycles. The van der Waals surface area contributed by atoms with Crippen molar-refractivity contribution in [2.75, 3.05) is 0 Å². The highest BCUT2D eigenvalue weighted by Gasteiger charge is 2.07. The van der Waals surface area contributed by atoms with Crippen molar-refractivity contribution in [1.82, 2.24) is 14.4 Å². The van der Waals surface area contributed by atoms with Gasteiger partial charge in [0.05, 0.1) is 15.9 Å². The zero-order valence-electron chi connectivity index (χ0n) is 10.7. The number of thioether (sulfide) groups is 1. The van der Waals surface area contributed by atoms with Crippen molar-refractivity contribution in [3.05, 3.63) is 58.0 Å². The summed E-state index contributed by atoms with van der Waals surface area (Å²) in [5.41, 5.74) is 1.79. The fraction of sp³-hybridized carbons (Fsp3) is 0.0714. The molecule has 0 bridgehead atoms. The van der Waals surface area contributed by atoms with Gasteiger partial charge in [0, 0.05) is 23.4 Å². The fourth-order valence-electron chi connectivity index (χ4n) is 2.01. The molecule has 0 N–H and O–H groups in total. The summed E-state index contributed by atoms with van der Waals surface area (Å²) in [6.45, 7) is 0. The number of rotatable bonds is 3. The Morgan fingerprint density at radius 2 is 2.14 bits per heavy atom. The first-order valence-corrected chi connectivity index (χ1v) is 8.92. The second kappa shape index (κ2) is 5.25. The van der Waals surface area contributed by atoms with Crippen molar-refractivity contribution in [3.8, 4) is 0 Å². The molecule has 0 unspecified atom stereocenters. The topological polar surface area (TPSA) is 47.3 Å². The molecule has 1 aromatic carbocycles. The van der Waals surface area contributed by atoms with Gasteiger partial charge in [0.2, 0.25) is 0 Å². The minimum atomic E-state index is -0.0267. The highest BCUT2D eigenvalue weighted by Crippen LogP contribution is 2.30. The predicted octanol–water partition coefficient (Wildman–Crippen LogP) is 3.66. The van der Waals surface area contributed by atoms with Gasteiger partial charge in [-0.3, -0.25) is 9.20 Å². The number of hydrogen-bond acceptors (Lipinski definition) is 6. The van der Waals surface area contributed by atoms with Crippen LogP contribution >= 0.6 is 34.4 Å². The Kier molecular flexibility index (Phi) is 3.25. The molecule has 7 heteroatoms.